The predicted molar refractivity (Wildman–Crippen MR) is 92.2 cm³/mol. The van der Waals surface area contributed by atoms with Gasteiger partial charge in [-0.15, -0.1) is 11.3 Å². The van der Waals surface area contributed by atoms with Crippen molar-refractivity contribution in [3.8, 4) is 11.5 Å². The highest BCUT2D eigenvalue weighted by Gasteiger charge is 2.27. The fourth-order valence-electron chi connectivity index (χ4n) is 3.28. The Kier molecular flexibility index (Phi) is 4.14. The van der Waals surface area contributed by atoms with Crippen molar-refractivity contribution in [3.05, 3.63) is 39.8 Å². The molecule has 2 aliphatic rings. The molecule has 2 aromatic rings. The molecule has 0 unspecified atom stereocenters. The Hall–Kier alpha value is -2.08. The summed E-state index contributed by atoms with van der Waals surface area (Å²) < 4.78 is 11.1. The second-order valence-corrected chi connectivity index (χ2v) is 7.52. The number of hydrogen-bond donors (Lipinski definition) is 0. The molecule has 1 aromatic carbocycles. The molecule has 0 saturated carbocycles. The molecule has 0 spiro atoms. The summed E-state index contributed by atoms with van der Waals surface area (Å²) in [5.41, 5.74) is 0.662. The maximum atomic E-state index is 12.9. The van der Waals surface area contributed by atoms with Crippen LogP contribution in [0.25, 0.3) is 0 Å². The summed E-state index contributed by atoms with van der Waals surface area (Å²) in [6.07, 6.45) is 4.03. The van der Waals surface area contributed by atoms with E-state index in [2.05, 4.69) is 11.9 Å². The standard InChI is InChI=1S/C18H20N2O3S/c1-12-10-19-17(24-12)14-3-2-6-20(11-14)18(21)13-4-5-15-16(9-13)23-8-7-22-15/h4-5,9-10,14H,2-3,6-8,11H2,1H3/t14-/m0/s1. The average molecular weight is 344 g/mol. The van der Waals surface area contributed by atoms with Crippen molar-refractivity contribution >= 4 is 17.2 Å². The largest absolute Gasteiger partial charge is 0.486 e. The van der Waals surface area contributed by atoms with Gasteiger partial charge >= 0.3 is 0 Å². The first-order chi connectivity index (χ1) is 11.7. The molecular formula is C18H20N2O3S. The molecule has 1 aromatic heterocycles. The lowest BCUT2D eigenvalue weighted by Crippen LogP contribution is -2.39. The van der Waals surface area contributed by atoms with Crippen LogP contribution in [-0.4, -0.2) is 42.1 Å². The van der Waals surface area contributed by atoms with Crippen LogP contribution in [0, 0.1) is 6.92 Å². The van der Waals surface area contributed by atoms with Gasteiger partial charge in [0.15, 0.2) is 11.5 Å². The molecule has 1 atom stereocenters. The van der Waals surface area contributed by atoms with E-state index in [-0.39, 0.29) is 5.91 Å². The van der Waals surface area contributed by atoms with E-state index in [1.54, 1.807) is 17.4 Å². The molecule has 126 valence electrons. The Balaban J connectivity index is 1.51. The summed E-state index contributed by atoms with van der Waals surface area (Å²) in [5.74, 6) is 1.78. The smallest absolute Gasteiger partial charge is 0.254 e. The maximum Gasteiger partial charge on any atom is 0.254 e. The van der Waals surface area contributed by atoms with Gasteiger partial charge in [0.25, 0.3) is 5.91 Å². The van der Waals surface area contributed by atoms with Crippen molar-refractivity contribution in [1.29, 1.82) is 0 Å². The highest BCUT2D eigenvalue weighted by molar-refractivity contribution is 7.11. The summed E-state index contributed by atoms with van der Waals surface area (Å²) in [6, 6.07) is 5.45. The van der Waals surface area contributed by atoms with Gasteiger partial charge < -0.3 is 14.4 Å². The minimum atomic E-state index is 0.0601. The number of carbonyl (C=O) groups is 1. The quantitative estimate of drug-likeness (QED) is 0.839. The molecular weight excluding hydrogens is 324 g/mol. The van der Waals surface area contributed by atoms with Crippen LogP contribution in [0.3, 0.4) is 0 Å². The average Bonchev–Trinajstić information content (AvgIpc) is 3.07. The van der Waals surface area contributed by atoms with E-state index in [4.69, 9.17) is 9.47 Å². The minimum Gasteiger partial charge on any atom is -0.486 e. The predicted octanol–water partition coefficient (Wildman–Crippen LogP) is 3.24. The van der Waals surface area contributed by atoms with E-state index in [0.29, 0.717) is 36.2 Å². The molecule has 0 radical (unpaired) electrons. The van der Waals surface area contributed by atoms with Gasteiger partial charge in [0.2, 0.25) is 0 Å². The number of ether oxygens (including phenoxy) is 2. The zero-order chi connectivity index (χ0) is 16.5. The summed E-state index contributed by atoms with van der Waals surface area (Å²) in [7, 11) is 0. The van der Waals surface area contributed by atoms with Crippen LogP contribution in [0.1, 0.15) is 39.0 Å². The number of hydrogen-bond acceptors (Lipinski definition) is 5. The van der Waals surface area contributed by atoms with E-state index in [1.165, 1.54) is 4.88 Å². The Morgan fingerprint density at radius 2 is 2.12 bits per heavy atom. The molecule has 5 nitrogen and oxygen atoms in total. The summed E-state index contributed by atoms with van der Waals surface area (Å²) in [5, 5.41) is 1.15. The summed E-state index contributed by atoms with van der Waals surface area (Å²) in [6.45, 7) is 4.69. The zero-order valence-electron chi connectivity index (χ0n) is 13.7. The summed E-state index contributed by atoms with van der Waals surface area (Å²) >= 11 is 1.74. The lowest BCUT2D eigenvalue weighted by Gasteiger charge is -2.32. The van der Waals surface area contributed by atoms with Crippen molar-refractivity contribution in [1.82, 2.24) is 9.88 Å². The second kappa shape index (κ2) is 6.43. The van der Waals surface area contributed by atoms with Gasteiger partial charge in [-0.1, -0.05) is 0 Å². The molecule has 3 heterocycles. The lowest BCUT2D eigenvalue weighted by molar-refractivity contribution is 0.0706. The number of likely N-dealkylation sites (tertiary alicyclic amines) is 1. The minimum absolute atomic E-state index is 0.0601. The van der Waals surface area contributed by atoms with Crippen molar-refractivity contribution < 1.29 is 14.3 Å². The third-order valence-corrected chi connectivity index (χ3v) is 5.56. The van der Waals surface area contributed by atoms with Gasteiger partial charge in [0.1, 0.15) is 13.2 Å². The van der Waals surface area contributed by atoms with Gasteiger partial charge in [-0.3, -0.25) is 4.79 Å². The molecule has 1 amide bonds. The topological polar surface area (TPSA) is 51.7 Å². The van der Waals surface area contributed by atoms with E-state index < -0.39 is 0 Å². The van der Waals surface area contributed by atoms with Crippen LogP contribution in [-0.2, 0) is 0 Å². The van der Waals surface area contributed by atoms with E-state index in [0.717, 1.165) is 30.9 Å². The van der Waals surface area contributed by atoms with Crippen molar-refractivity contribution in [2.24, 2.45) is 0 Å². The SMILES string of the molecule is Cc1cnc([C@H]2CCCN(C(=O)c3ccc4c(c3)OCCO4)C2)s1. The second-order valence-electron chi connectivity index (χ2n) is 6.26. The molecule has 0 aliphatic carbocycles. The number of fused-ring (bicyclic) bond motifs is 1. The number of rotatable bonds is 2. The van der Waals surface area contributed by atoms with Crippen LogP contribution in [0.4, 0.5) is 0 Å². The fraction of sp³-hybridized carbons (Fsp3) is 0.444. The number of nitrogens with zero attached hydrogens (tertiary/aromatic N) is 2. The maximum absolute atomic E-state index is 12.9. The monoisotopic (exact) mass is 344 g/mol. The first kappa shape index (κ1) is 15.4. The number of piperidine rings is 1. The Labute approximate surface area is 145 Å². The van der Waals surface area contributed by atoms with Gasteiger partial charge in [0, 0.05) is 35.6 Å². The van der Waals surface area contributed by atoms with Crippen LogP contribution < -0.4 is 9.47 Å². The van der Waals surface area contributed by atoms with Crippen molar-refractivity contribution in [2.75, 3.05) is 26.3 Å². The zero-order valence-corrected chi connectivity index (χ0v) is 14.5. The van der Waals surface area contributed by atoms with E-state index in [9.17, 15) is 4.79 Å². The van der Waals surface area contributed by atoms with E-state index >= 15 is 0 Å². The molecule has 2 aliphatic heterocycles. The number of thiazole rings is 1. The first-order valence-electron chi connectivity index (χ1n) is 8.32. The Bertz CT molecular complexity index is 758. The van der Waals surface area contributed by atoms with Gasteiger partial charge in [-0.05, 0) is 38.0 Å². The molecule has 1 saturated heterocycles. The molecule has 6 heteroatoms. The highest BCUT2D eigenvalue weighted by atomic mass is 32.1. The lowest BCUT2D eigenvalue weighted by atomic mass is 9.98. The number of benzene rings is 1. The number of carbonyl (C=O) groups excluding carboxylic acids is 1. The normalized spacial score (nSPS) is 20.0. The van der Waals surface area contributed by atoms with Crippen LogP contribution >= 0.6 is 11.3 Å². The Morgan fingerprint density at radius 3 is 2.92 bits per heavy atom. The van der Waals surface area contributed by atoms with Gasteiger partial charge in [-0.25, -0.2) is 4.98 Å². The molecule has 24 heavy (non-hydrogen) atoms. The molecule has 1 fully saturated rings. The molecule has 0 bridgehead atoms. The third kappa shape index (κ3) is 2.98. The number of aromatic nitrogens is 1. The van der Waals surface area contributed by atoms with Gasteiger partial charge in [-0.2, -0.15) is 0 Å². The van der Waals surface area contributed by atoms with E-state index in [1.807, 2.05) is 23.2 Å². The molecule has 4 rings (SSSR count). The molecule has 0 N–H and O–H groups in total. The number of amides is 1. The van der Waals surface area contributed by atoms with Crippen LogP contribution in [0.2, 0.25) is 0 Å². The van der Waals surface area contributed by atoms with Crippen LogP contribution in [0.5, 0.6) is 11.5 Å². The first-order valence-corrected chi connectivity index (χ1v) is 9.13. The summed E-state index contributed by atoms with van der Waals surface area (Å²) in [4.78, 5) is 20.6. The Morgan fingerprint density at radius 1 is 1.29 bits per heavy atom. The number of aryl methyl sites for hydroxylation is 1. The third-order valence-electron chi connectivity index (χ3n) is 4.49. The van der Waals surface area contributed by atoms with Crippen molar-refractivity contribution in [2.45, 2.75) is 25.7 Å². The highest BCUT2D eigenvalue weighted by Crippen LogP contribution is 2.33. The van der Waals surface area contributed by atoms with Crippen LogP contribution in [0.15, 0.2) is 24.4 Å². The van der Waals surface area contributed by atoms with Crippen molar-refractivity contribution in [3.63, 3.8) is 0 Å². The fourth-order valence-corrected chi connectivity index (χ4v) is 4.18. The van der Waals surface area contributed by atoms with Gasteiger partial charge in [0.05, 0.1) is 5.01 Å².